The van der Waals surface area contributed by atoms with Gasteiger partial charge in [-0.3, -0.25) is 4.84 Å². The van der Waals surface area contributed by atoms with Gasteiger partial charge in [0.25, 0.3) is 0 Å². The maximum absolute atomic E-state index is 5.76. The first kappa shape index (κ1) is 12.2. The second-order valence-corrected chi connectivity index (χ2v) is 3.11. The highest BCUT2D eigenvalue weighted by molar-refractivity contribution is 9.09. The van der Waals surface area contributed by atoms with E-state index in [1.165, 1.54) is 0 Å². The van der Waals surface area contributed by atoms with Crippen molar-refractivity contribution in [2.45, 2.75) is 11.9 Å². The Hall–Kier alpha value is 0.190. The van der Waals surface area contributed by atoms with E-state index in [9.17, 15) is 0 Å². The van der Waals surface area contributed by atoms with Crippen LogP contribution in [0.25, 0.3) is 0 Å². The van der Waals surface area contributed by atoms with Crippen LogP contribution in [-0.2, 0) is 4.84 Å². The van der Waals surface area contributed by atoms with Crippen LogP contribution in [0, 0.1) is 6.92 Å². The molecule has 70 valence electrons. The molecule has 1 heterocycles. The molecule has 0 spiro atoms. The van der Waals surface area contributed by atoms with E-state index in [0.29, 0.717) is 16.5 Å². The summed E-state index contributed by atoms with van der Waals surface area (Å²) in [5, 5.41) is 3.50. The highest BCUT2D eigenvalue weighted by Gasteiger charge is 2.18. The molecule has 0 saturated carbocycles. The second-order valence-electron chi connectivity index (χ2n) is 1.90. The Morgan fingerprint density at radius 2 is 2.33 bits per heavy atom. The van der Waals surface area contributed by atoms with Gasteiger partial charge in [0.2, 0.25) is 0 Å². The van der Waals surface area contributed by atoms with Crippen LogP contribution in [0.5, 0.6) is 0 Å². The predicted molar refractivity (Wildman–Crippen MR) is 50.4 cm³/mol. The fourth-order valence-corrected chi connectivity index (χ4v) is 1.19. The van der Waals surface area contributed by atoms with Crippen molar-refractivity contribution in [3.8, 4) is 0 Å². The van der Waals surface area contributed by atoms with Crippen molar-refractivity contribution < 1.29 is 9.36 Å². The average molecular weight is 278 g/mol. The molecule has 0 bridgehead atoms. The van der Waals surface area contributed by atoms with Crippen LogP contribution < -0.4 is 5.90 Å². The van der Waals surface area contributed by atoms with E-state index in [0.717, 1.165) is 0 Å². The van der Waals surface area contributed by atoms with Crippen LogP contribution in [-0.4, -0.2) is 5.16 Å². The van der Waals surface area contributed by atoms with E-state index in [1.807, 2.05) is 0 Å². The normalized spacial score (nSPS) is 12.3. The molecule has 1 unspecified atom stereocenters. The summed E-state index contributed by atoms with van der Waals surface area (Å²) < 4.78 is 4.81. The Labute approximate surface area is 88.9 Å². The average Bonchev–Trinajstić information content (AvgIpc) is 2.32. The number of aromatic nitrogens is 1. The lowest BCUT2D eigenvalue weighted by Gasteiger charge is -2.00. The fraction of sp³-hybridized carbons (Fsp3) is 0.400. The van der Waals surface area contributed by atoms with E-state index >= 15 is 0 Å². The number of hydrogen-bond acceptors (Lipinski definition) is 4. The largest absolute Gasteiger partial charge is 0.356 e. The van der Waals surface area contributed by atoms with Crippen molar-refractivity contribution in [3.63, 3.8) is 0 Å². The number of nitrogens with zero attached hydrogens (tertiary/aromatic N) is 1. The molecule has 0 amide bonds. The molecular formula is C5H7BrCl2N2O2. The van der Waals surface area contributed by atoms with Crippen LogP contribution in [0.3, 0.4) is 0 Å². The van der Waals surface area contributed by atoms with Gasteiger partial charge in [0, 0.05) is 0 Å². The third-order valence-electron chi connectivity index (χ3n) is 1.14. The molecule has 0 fully saturated rings. The summed E-state index contributed by atoms with van der Waals surface area (Å²) in [5.41, 5.74) is 0.614. The van der Waals surface area contributed by atoms with Gasteiger partial charge < -0.3 is 4.52 Å². The van der Waals surface area contributed by atoms with E-state index in [4.69, 9.17) is 22.0 Å². The molecule has 1 aromatic rings. The fourth-order valence-electron chi connectivity index (χ4n) is 0.579. The monoisotopic (exact) mass is 276 g/mol. The zero-order valence-corrected chi connectivity index (χ0v) is 9.24. The molecule has 0 radical (unpaired) electrons. The molecule has 1 rings (SSSR count). The summed E-state index contributed by atoms with van der Waals surface area (Å²) in [5.74, 6) is 5.27. The molecule has 1 aromatic heterocycles. The standard InChI is InChI=1S/C5H6BrClN2O2.ClH/c1-2-3(7)4(11-9-2)5(6)10-8;/h5H,8H2,1H3;1H. The van der Waals surface area contributed by atoms with Gasteiger partial charge in [-0.1, -0.05) is 16.8 Å². The molecule has 1 atom stereocenters. The second kappa shape index (κ2) is 5.04. The molecule has 12 heavy (non-hydrogen) atoms. The molecule has 4 nitrogen and oxygen atoms in total. The summed E-state index contributed by atoms with van der Waals surface area (Å²) in [6, 6.07) is 0. The lowest BCUT2D eigenvalue weighted by Crippen LogP contribution is -2.01. The predicted octanol–water partition coefficient (Wildman–Crippen LogP) is 2.34. The minimum Gasteiger partial charge on any atom is -0.356 e. The van der Waals surface area contributed by atoms with Gasteiger partial charge in [-0.25, -0.2) is 5.90 Å². The molecule has 0 saturated heterocycles. The van der Waals surface area contributed by atoms with Gasteiger partial charge in [0.05, 0.1) is 5.69 Å². The van der Waals surface area contributed by atoms with Crippen molar-refractivity contribution in [2.75, 3.05) is 0 Å². The first-order chi connectivity index (χ1) is 5.16. The number of aryl methyl sites for hydroxylation is 1. The molecule has 0 aliphatic heterocycles. The molecule has 2 N–H and O–H groups in total. The third kappa shape index (κ3) is 2.34. The zero-order chi connectivity index (χ0) is 8.43. The smallest absolute Gasteiger partial charge is 0.197 e. The van der Waals surface area contributed by atoms with Crippen LogP contribution in [0.1, 0.15) is 16.5 Å². The van der Waals surface area contributed by atoms with Gasteiger partial charge >= 0.3 is 0 Å². The minimum atomic E-state index is -0.545. The maximum atomic E-state index is 5.76. The Kier molecular flexibility index (Phi) is 5.12. The van der Waals surface area contributed by atoms with E-state index in [-0.39, 0.29) is 12.4 Å². The molecule has 0 aliphatic carbocycles. The van der Waals surface area contributed by atoms with Crippen molar-refractivity contribution in [1.82, 2.24) is 5.16 Å². The third-order valence-corrected chi connectivity index (χ3v) is 2.23. The van der Waals surface area contributed by atoms with E-state index in [2.05, 4.69) is 25.9 Å². The summed E-state index contributed by atoms with van der Waals surface area (Å²) in [6.07, 6.45) is 0. The quantitative estimate of drug-likeness (QED) is 0.666. The van der Waals surface area contributed by atoms with Crippen LogP contribution in [0.4, 0.5) is 0 Å². The maximum Gasteiger partial charge on any atom is 0.197 e. The van der Waals surface area contributed by atoms with Crippen molar-refractivity contribution in [1.29, 1.82) is 0 Å². The van der Waals surface area contributed by atoms with E-state index in [1.54, 1.807) is 6.92 Å². The lowest BCUT2D eigenvalue weighted by atomic mass is 10.4. The SMILES string of the molecule is Cc1noc(C(Br)ON)c1Cl.Cl. The van der Waals surface area contributed by atoms with Crippen LogP contribution in [0.15, 0.2) is 4.52 Å². The summed E-state index contributed by atoms with van der Waals surface area (Å²) in [4.78, 5) is 4.43. The van der Waals surface area contributed by atoms with Crippen molar-refractivity contribution in [3.05, 3.63) is 16.5 Å². The Morgan fingerprint density at radius 1 is 1.75 bits per heavy atom. The van der Waals surface area contributed by atoms with Crippen molar-refractivity contribution in [2.24, 2.45) is 5.90 Å². The van der Waals surface area contributed by atoms with E-state index < -0.39 is 5.01 Å². The molecular weight excluding hydrogens is 271 g/mol. The molecule has 0 aliphatic rings. The van der Waals surface area contributed by atoms with Gasteiger partial charge in [0.1, 0.15) is 5.02 Å². The lowest BCUT2D eigenvalue weighted by molar-refractivity contribution is 0.100. The molecule has 0 aromatic carbocycles. The van der Waals surface area contributed by atoms with Crippen LogP contribution >= 0.6 is 39.9 Å². The van der Waals surface area contributed by atoms with Gasteiger partial charge in [-0.2, -0.15) is 0 Å². The number of rotatable bonds is 2. The highest BCUT2D eigenvalue weighted by atomic mass is 79.9. The van der Waals surface area contributed by atoms with Crippen molar-refractivity contribution >= 4 is 39.9 Å². The van der Waals surface area contributed by atoms with Crippen LogP contribution in [0.2, 0.25) is 5.02 Å². The number of nitrogens with two attached hydrogens (primary N) is 1. The summed E-state index contributed by atoms with van der Waals surface area (Å²) >= 11 is 8.84. The minimum absolute atomic E-state index is 0. The topological polar surface area (TPSA) is 61.3 Å². The highest BCUT2D eigenvalue weighted by Crippen LogP contribution is 2.30. The first-order valence-corrected chi connectivity index (χ1v) is 4.07. The number of hydrogen-bond donors (Lipinski definition) is 1. The number of alkyl halides is 1. The van der Waals surface area contributed by atoms with Gasteiger partial charge in [-0.05, 0) is 22.9 Å². The Morgan fingerprint density at radius 3 is 2.67 bits per heavy atom. The van der Waals surface area contributed by atoms with Gasteiger partial charge in [-0.15, -0.1) is 12.4 Å². The number of halogens is 3. The van der Waals surface area contributed by atoms with Gasteiger partial charge in [0.15, 0.2) is 10.8 Å². The first-order valence-electron chi connectivity index (χ1n) is 2.78. The Bertz CT molecular complexity index is 256. The summed E-state index contributed by atoms with van der Waals surface area (Å²) in [7, 11) is 0. The summed E-state index contributed by atoms with van der Waals surface area (Å²) in [6.45, 7) is 1.73. The zero-order valence-electron chi connectivity index (χ0n) is 6.08. The molecule has 7 heteroatoms. The Balaban J connectivity index is 0.00000121.